The molecule has 0 heterocycles. The molecule has 0 aliphatic rings. The normalized spacial score (nSPS) is 12.5. The molecule has 0 bridgehead atoms. The van der Waals surface area contributed by atoms with Gasteiger partial charge in [-0.3, -0.25) is 4.79 Å². The number of carbonyl (C=O) groups excluding carboxylic acids is 1. The van der Waals surface area contributed by atoms with Crippen molar-refractivity contribution in [2.45, 2.75) is 76.9 Å². The summed E-state index contributed by atoms with van der Waals surface area (Å²) in [6, 6.07) is 0. The molecular formula is C14H27NaO5S. The van der Waals surface area contributed by atoms with Gasteiger partial charge in [-0.1, -0.05) is 58.8 Å². The van der Waals surface area contributed by atoms with Crippen LogP contribution in [0.2, 0.25) is 0 Å². The Balaban J connectivity index is 0. The van der Waals surface area contributed by atoms with Crippen LogP contribution >= 0.6 is 0 Å². The Hall–Kier alpha value is 0.380. The summed E-state index contributed by atoms with van der Waals surface area (Å²) in [6.45, 7) is 3.86. The topological polar surface area (TPSA) is 83.5 Å². The van der Waals surface area contributed by atoms with Gasteiger partial charge in [-0.2, -0.15) is 0 Å². The van der Waals surface area contributed by atoms with Gasteiger partial charge in [0.05, 0.1) is 6.61 Å². The molecule has 0 aromatic heterocycles. The average Bonchev–Trinajstić information content (AvgIpc) is 2.36. The SMILES string of the molecule is CCCCCCCCCCOC(=O)C(CC)S(=O)(=O)[O-].[Na+]. The summed E-state index contributed by atoms with van der Waals surface area (Å²) in [6.07, 6.45) is 8.93. The fourth-order valence-electron chi connectivity index (χ4n) is 1.99. The maximum absolute atomic E-state index is 11.4. The minimum absolute atomic E-state index is 0. The average molecular weight is 330 g/mol. The van der Waals surface area contributed by atoms with E-state index in [0.717, 1.165) is 19.3 Å². The molecule has 0 N–H and O–H groups in total. The minimum atomic E-state index is -4.60. The van der Waals surface area contributed by atoms with E-state index in [0.29, 0.717) is 0 Å². The second-order valence-corrected chi connectivity index (χ2v) is 6.59. The molecular weight excluding hydrogens is 303 g/mol. The van der Waals surface area contributed by atoms with E-state index in [4.69, 9.17) is 4.74 Å². The molecule has 0 saturated carbocycles. The quantitative estimate of drug-likeness (QED) is 0.218. The zero-order chi connectivity index (χ0) is 15.4. The van der Waals surface area contributed by atoms with E-state index in [1.165, 1.54) is 39.0 Å². The largest absolute Gasteiger partial charge is 1.00 e. The molecule has 0 aliphatic carbocycles. The van der Waals surface area contributed by atoms with Crippen molar-refractivity contribution >= 4 is 16.1 Å². The van der Waals surface area contributed by atoms with Gasteiger partial charge in [0.25, 0.3) is 0 Å². The monoisotopic (exact) mass is 330 g/mol. The fraction of sp³-hybridized carbons (Fsp3) is 0.929. The van der Waals surface area contributed by atoms with E-state index < -0.39 is 21.3 Å². The summed E-state index contributed by atoms with van der Waals surface area (Å²) in [5, 5.41) is -1.56. The second kappa shape index (κ2) is 14.0. The van der Waals surface area contributed by atoms with Gasteiger partial charge < -0.3 is 9.29 Å². The van der Waals surface area contributed by atoms with E-state index in [1.807, 2.05) is 0 Å². The van der Waals surface area contributed by atoms with Gasteiger partial charge in [-0.25, -0.2) is 8.42 Å². The molecule has 0 aromatic rings. The van der Waals surface area contributed by atoms with Crippen molar-refractivity contribution < 1.29 is 52.1 Å². The summed E-state index contributed by atoms with van der Waals surface area (Å²) < 4.78 is 37.3. The van der Waals surface area contributed by atoms with Crippen LogP contribution in [-0.2, 0) is 19.6 Å². The number of carbonyl (C=O) groups is 1. The van der Waals surface area contributed by atoms with Crippen molar-refractivity contribution in [2.24, 2.45) is 0 Å². The van der Waals surface area contributed by atoms with Crippen LogP contribution in [0.25, 0.3) is 0 Å². The molecule has 0 radical (unpaired) electrons. The molecule has 0 aromatic carbocycles. The van der Waals surface area contributed by atoms with Crippen molar-refractivity contribution in [1.29, 1.82) is 0 Å². The number of hydrogen-bond acceptors (Lipinski definition) is 5. The van der Waals surface area contributed by atoms with Gasteiger partial charge in [0.2, 0.25) is 0 Å². The molecule has 7 heteroatoms. The molecule has 1 atom stereocenters. The number of esters is 1. The van der Waals surface area contributed by atoms with Crippen molar-refractivity contribution in [3.05, 3.63) is 0 Å². The van der Waals surface area contributed by atoms with E-state index in [1.54, 1.807) is 0 Å². The maximum Gasteiger partial charge on any atom is 1.00 e. The second-order valence-electron chi connectivity index (χ2n) is 5.03. The zero-order valence-electron chi connectivity index (χ0n) is 13.6. The third-order valence-corrected chi connectivity index (χ3v) is 4.45. The summed E-state index contributed by atoms with van der Waals surface area (Å²) in [4.78, 5) is 11.4. The molecule has 120 valence electrons. The van der Waals surface area contributed by atoms with Gasteiger partial charge in [0.15, 0.2) is 0 Å². The molecule has 0 fully saturated rings. The van der Waals surface area contributed by atoms with Crippen LogP contribution in [0.3, 0.4) is 0 Å². The number of hydrogen-bond donors (Lipinski definition) is 0. The van der Waals surface area contributed by atoms with Gasteiger partial charge in [0, 0.05) is 0 Å². The van der Waals surface area contributed by atoms with Crippen LogP contribution in [0.5, 0.6) is 0 Å². The summed E-state index contributed by atoms with van der Waals surface area (Å²) >= 11 is 0. The Morgan fingerprint density at radius 3 is 1.90 bits per heavy atom. The van der Waals surface area contributed by atoms with Crippen molar-refractivity contribution in [3.63, 3.8) is 0 Å². The van der Waals surface area contributed by atoms with Crippen LogP contribution in [0, 0.1) is 0 Å². The zero-order valence-corrected chi connectivity index (χ0v) is 16.4. The minimum Gasteiger partial charge on any atom is -0.747 e. The first-order valence-electron chi connectivity index (χ1n) is 7.54. The maximum atomic E-state index is 11.4. The predicted octanol–water partition coefficient (Wildman–Crippen LogP) is -0.00190. The van der Waals surface area contributed by atoms with Crippen molar-refractivity contribution in [3.8, 4) is 0 Å². The fourth-order valence-corrected chi connectivity index (χ4v) is 2.70. The molecule has 0 spiro atoms. The van der Waals surface area contributed by atoms with Crippen LogP contribution in [-0.4, -0.2) is 30.8 Å². The van der Waals surface area contributed by atoms with Crippen LogP contribution in [0.1, 0.15) is 71.6 Å². The van der Waals surface area contributed by atoms with E-state index in [2.05, 4.69) is 6.92 Å². The molecule has 1 unspecified atom stereocenters. The molecule has 0 rings (SSSR count). The number of ether oxygens (including phenoxy) is 1. The third kappa shape index (κ3) is 12.6. The van der Waals surface area contributed by atoms with E-state index in [9.17, 15) is 17.8 Å². The van der Waals surface area contributed by atoms with Gasteiger partial charge in [0.1, 0.15) is 15.4 Å². The van der Waals surface area contributed by atoms with E-state index >= 15 is 0 Å². The van der Waals surface area contributed by atoms with E-state index in [-0.39, 0.29) is 42.6 Å². The first-order valence-corrected chi connectivity index (χ1v) is 9.02. The Morgan fingerprint density at radius 1 is 1.00 bits per heavy atom. The Labute approximate surface area is 151 Å². The number of unbranched alkanes of at least 4 members (excludes halogenated alkanes) is 7. The van der Waals surface area contributed by atoms with Crippen molar-refractivity contribution in [2.75, 3.05) is 6.61 Å². The van der Waals surface area contributed by atoms with Crippen LogP contribution in [0.4, 0.5) is 0 Å². The Bertz CT molecular complexity index is 356. The summed E-state index contributed by atoms with van der Waals surface area (Å²) in [7, 11) is -4.60. The smallest absolute Gasteiger partial charge is 0.747 e. The summed E-state index contributed by atoms with van der Waals surface area (Å²) in [5.41, 5.74) is 0. The van der Waals surface area contributed by atoms with Gasteiger partial charge in [-0.05, 0) is 12.8 Å². The van der Waals surface area contributed by atoms with Gasteiger partial charge in [-0.15, -0.1) is 0 Å². The Kier molecular flexibility index (Phi) is 15.8. The van der Waals surface area contributed by atoms with Crippen molar-refractivity contribution in [1.82, 2.24) is 0 Å². The predicted molar refractivity (Wildman–Crippen MR) is 77.3 cm³/mol. The van der Waals surface area contributed by atoms with Crippen LogP contribution < -0.4 is 29.6 Å². The molecule has 21 heavy (non-hydrogen) atoms. The summed E-state index contributed by atoms with van der Waals surface area (Å²) in [5.74, 6) is -0.912. The Morgan fingerprint density at radius 2 is 1.48 bits per heavy atom. The molecule has 0 saturated heterocycles. The number of rotatable bonds is 12. The first-order chi connectivity index (χ1) is 9.43. The standard InChI is InChI=1S/C14H28O5S.Na/c1-3-5-6-7-8-9-10-11-12-19-14(15)13(4-2)20(16,17)18;/h13H,3-12H2,1-2H3,(H,16,17,18);/q;+1/p-1. The third-order valence-electron chi connectivity index (χ3n) is 3.22. The molecule has 0 amide bonds. The molecule has 5 nitrogen and oxygen atoms in total. The van der Waals surface area contributed by atoms with Crippen LogP contribution in [0.15, 0.2) is 0 Å². The molecule has 0 aliphatic heterocycles. The first kappa shape index (κ1) is 23.6. The van der Waals surface area contributed by atoms with Gasteiger partial charge >= 0.3 is 35.5 Å².